The third-order valence-electron chi connectivity index (χ3n) is 11.3. The minimum absolute atomic E-state index is 0.105. The summed E-state index contributed by atoms with van der Waals surface area (Å²) < 4.78 is 0. The van der Waals surface area contributed by atoms with Gasteiger partial charge >= 0.3 is 0 Å². The van der Waals surface area contributed by atoms with Gasteiger partial charge in [0.1, 0.15) is 5.78 Å². The van der Waals surface area contributed by atoms with Gasteiger partial charge in [0.15, 0.2) is 0 Å². The van der Waals surface area contributed by atoms with E-state index in [4.69, 9.17) is 4.99 Å². The summed E-state index contributed by atoms with van der Waals surface area (Å²) in [6.45, 7) is 25.9. The Morgan fingerprint density at radius 3 is 1.50 bits per heavy atom. The summed E-state index contributed by atoms with van der Waals surface area (Å²) >= 11 is 0. The van der Waals surface area contributed by atoms with Crippen molar-refractivity contribution in [3.8, 4) is 0 Å². The Morgan fingerprint density at radius 1 is 0.554 bits per heavy atom. The Hall–Kier alpha value is -3.14. The van der Waals surface area contributed by atoms with Crippen LogP contribution >= 0.6 is 0 Å². The molecule has 2 aliphatic heterocycles. The van der Waals surface area contributed by atoms with Gasteiger partial charge in [0, 0.05) is 47.7 Å². The van der Waals surface area contributed by atoms with Crippen molar-refractivity contribution in [2.45, 2.75) is 173 Å². The predicted molar refractivity (Wildman–Crippen MR) is 246 cm³/mol. The van der Waals surface area contributed by atoms with Gasteiger partial charge in [0.2, 0.25) is 0 Å². The van der Waals surface area contributed by atoms with Gasteiger partial charge in [-0.25, -0.2) is 0 Å². The Bertz CT molecular complexity index is 1560. The lowest BCUT2D eigenvalue weighted by atomic mass is 9.72. The average Bonchev–Trinajstić information content (AvgIpc) is 3.10. The summed E-state index contributed by atoms with van der Waals surface area (Å²) in [5.41, 5.74) is 10.3. The van der Waals surface area contributed by atoms with Crippen molar-refractivity contribution in [3.63, 3.8) is 0 Å². The molecule has 0 N–H and O–H groups in total. The summed E-state index contributed by atoms with van der Waals surface area (Å²) in [4.78, 5) is 16.7. The van der Waals surface area contributed by atoms with E-state index in [2.05, 4.69) is 134 Å². The van der Waals surface area contributed by atoms with Crippen molar-refractivity contribution in [2.75, 3.05) is 0 Å². The molecule has 56 heavy (non-hydrogen) atoms. The fraction of sp³-hybridized carbons (Fsp3) is 0.654. The van der Waals surface area contributed by atoms with Crippen molar-refractivity contribution >= 4 is 28.5 Å². The molecule has 2 aromatic carbocycles. The smallest absolute Gasteiger partial charge is 0.139 e. The molecular formula is C52H81N3O. The number of carbonyl (C=O) groups is 1. The van der Waals surface area contributed by atoms with Crippen LogP contribution in [0.25, 0.3) is 5.57 Å². The molecule has 0 aromatic heterocycles. The van der Waals surface area contributed by atoms with Crippen LogP contribution in [0.2, 0.25) is 0 Å². The summed E-state index contributed by atoms with van der Waals surface area (Å²) in [5, 5.41) is 9.15. The number of fused-ring (bicyclic) bond motifs is 2. The molecule has 2 aromatic rings. The molecule has 4 unspecified atom stereocenters. The van der Waals surface area contributed by atoms with Crippen LogP contribution in [0.3, 0.4) is 0 Å². The van der Waals surface area contributed by atoms with E-state index in [9.17, 15) is 4.79 Å². The number of hydrogen-bond acceptors (Lipinski definition) is 4. The molecule has 4 heteroatoms. The van der Waals surface area contributed by atoms with E-state index in [1.165, 1.54) is 116 Å². The summed E-state index contributed by atoms with van der Waals surface area (Å²) in [5.74, 6) is 5.19. The predicted octanol–water partition coefficient (Wildman–Crippen LogP) is 14.8. The molecule has 4 atom stereocenters. The van der Waals surface area contributed by atoms with Crippen molar-refractivity contribution in [1.29, 1.82) is 0 Å². The first kappa shape index (κ1) is 47.2. The molecule has 310 valence electrons. The first-order chi connectivity index (χ1) is 26.7. The van der Waals surface area contributed by atoms with Crippen molar-refractivity contribution < 1.29 is 4.79 Å². The van der Waals surface area contributed by atoms with Gasteiger partial charge in [0.25, 0.3) is 0 Å². The van der Waals surface area contributed by atoms with Gasteiger partial charge in [-0.3, -0.25) is 9.79 Å². The molecule has 2 saturated carbocycles. The van der Waals surface area contributed by atoms with E-state index in [1.54, 1.807) is 0 Å². The number of Topliss-reactive ketones (excluding diaryl/α,β-unsaturated/α-hetero) is 1. The standard InChI is InChI=1S/C23H31NO.C21H30N2.2C4H10/c1-16(2)23(25)14-18-10-12-19(13-11-18)22-15-24-17(3)20-8-6-4-5-7-9-21(20)22;1-15(2)14-17-10-12-18(13-11-17)21-20-9-7-5-4-6-8-19(20)16(3)22-23-21;2*1-4(2)3/h10-13,15-16,20-21H,4-9,14H2,1-3H3;10-13,15,19-20H,4-9,14H2,1-3H3;2*4H,1-3H3. The van der Waals surface area contributed by atoms with E-state index in [1.807, 2.05) is 13.8 Å². The van der Waals surface area contributed by atoms with Crippen LogP contribution in [0.15, 0.2) is 69.9 Å². The van der Waals surface area contributed by atoms with Gasteiger partial charge in [0.05, 0.1) is 5.71 Å². The number of aliphatic imine (C=N–C) groups is 1. The minimum Gasteiger partial charge on any atom is -0.299 e. The number of allylic oxidation sites excluding steroid dienone is 1. The van der Waals surface area contributed by atoms with Crippen LogP contribution in [-0.4, -0.2) is 22.9 Å². The van der Waals surface area contributed by atoms with E-state index in [0.29, 0.717) is 41.8 Å². The molecule has 0 amide bonds. The van der Waals surface area contributed by atoms with Gasteiger partial charge in [-0.2, -0.15) is 10.2 Å². The van der Waals surface area contributed by atoms with Gasteiger partial charge < -0.3 is 0 Å². The maximum atomic E-state index is 12.0. The highest BCUT2D eigenvalue weighted by Gasteiger charge is 2.33. The summed E-state index contributed by atoms with van der Waals surface area (Å²) in [7, 11) is 0. The Kier molecular flexibility index (Phi) is 20.7. The number of nitrogens with zero attached hydrogens (tertiary/aromatic N) is 3. The monoisotopic (exact) mass is 764 g/mol. The maximum absolute atomic E-state index is 12.0. The average molecular weight is 764 g/mol. The normalized spacial score (nSPS) is 22.4. The third-order valence-corrected chi connectivity index (χ3v) is 11.3. The molecule has 0 bridgehead atoms. The second-order valence-corrected chi connectivity index (χ2v) is 19.2. The van der Waals surface area contributed by atoms with Crippen LogP contribution in [0, 0.1) is 47.3 Å². The fourth-order valence-corrected chi connectivity index (χ4v) is 8.38. The highest BCUT2D eigenvalue weighted by molar-refractivity contribution is 6.06. The van der Waals surface area contributed by atoms with Crippen LogP contribution < -0.4 is 0 Å². The first-order valence-corrected chi connectivity index (χ1v) is 22.7. The van der Waals surface area contributed by atoms with E-state index >= 15 is 0 Å². The molecule has 0 saturated heterocycles. The number of hydrogen-bond donors (Lipinski definition) is 0. The Balaban J connectivity index is 0.000000253. The van der Waals surface area contributed by atoms with Crippen molar-refractivity contribution in [2.24, 2.45) is 62.5 Å². The zero-order chi connectivity index (χ0) is 41.2. The van der Waals surface area contributed by atoms with Gasteiger partial charge in [-0.1, -0.05) is 169 Å². The van der Waals surface area contributed by atoms with E-state index in [-0.39, 0.29) is 5.92 Å². The van der Waals surface area contributed by atoms with Crippen molar-refractivity contribution in [3.05, 3.63) is 77.0 Å². The van der Waals surface area contributed by atoms with Gasteiger partial charge in [-0.05, 0) is 97.5 Å². The summed E-state index contributed by atoms with van der Waals surface area (Å²) in [6.07, 6.45) is 19.7. The van der Waals surface area contributed by atoms with Crippen LogP contribution in [0.5, 0.6) is 0 Å². The second kappa shape index (κ2) is 24.6. The number of ketones is 1. The Morgan fingerprint density at radius 2 is 1.00 bits per heavy atom. The van der Waals surface area contributed by atoms with E-state index in [0.717, 1.165) is 23.8 Å². The van der Waals surface area contributed by atoms with Crippen LogP contribution in [0.1, 0.15) is 182 Å². The number of benzene rings is 2. The molecule has 0 spiro atoms. The lowest BCUT2D eigenvalue weighted by Gasteiger charge is -2.34. The molecular weight excluding hydrogens is 683 g/mol. The van der Waals surface area contributed by atoms with E-state index < -0.39 is 0 Å². The first-order valence-electron chi connectivity index (χ1n) is 22.7. The zero-order valence-corrected chi connectivity index (χ0v) is 38.0. The lowest BCUT2D eigenvalue weighted by molar-refractivity contribution is -0.121. The maximum Gasteiger partial charge on any atom is 0.139 e. The van der Waals surface area contributed by atoms with Crippen LogP contribution in [-0.2, 0) is 17.6 Å². The number of rotatable bonds is 7. The SMILES string of the molecule is CC(C)C.CC(C)C.CC1=NC=C(c2ccc(CC(=O)C(C)C)cc2)C2CCCCCCC12.CC1=NN=C(c2ccc(CC(C)C)cc2)C2CCCCCCC12. The van der Waals surface area contributed by atoms with Crippen molar-refractivity contribution in [1.82, 2.24) is 0 Å². The van der Waals surface area contributed by atoms with Crippen LogP contribution in [0.4, 0.5) is 0 Å². The summed E-state index contributed by atoms with van der Waals surface area (Å²) in [6, 6.07) is 17.7. The molecule has 2 fully saturated rings. The topological polar surface area (TPSA) is 54.1 Å². The fourth-order valence-electron chi connectivity index (χ4n) is 8.38. The number of carbonyl (C=O) groups excluding carboxylic acids is 1. The molecule has 4 nitrogen and oxygen atoms in total. The quantitative estimate of drug-likeness (QED) is 0.277. The highest BCUT2D eigenvalue weighted by Crippen LogP contribution is 2.41. The minimum atomic E-state index is 0.105. The molecule has 6 rings (SSSR count). The largest absolute Gasteiger partial charge is 0.299 e. The molecule has 0 radical (unpaired) electrons. The lowest BCUT2D eigenvalue weighted by Crippen LogP contribution is -2.33. The van der Waals surface area contributed by atoms with Gasteiger partial charge in [-0.15, -0.1) is 0 Å². The third kappa shape index (κ3) is 16.0. The second-order valence-electron chi connectivity index (χ2n) is 19.2. The molecule has 2 aliphatic carbocycles. The Labute approximate surface area is 344 Å². The molecule has 4 aliphatic rings. The molecule has 2 heterocycles. The zero-order valence-electron chi connectivity index (χ0n) is 38.0. The highest BCUT2D eigenvalue weighted by atomic mass is 16.1.